The summed E-state index contributed by atoms with van der Waals surface area (Å²) < 4.78 is 0. The first-order valence-electron chi connectivity index (χ1n) is 7.73. The molecule has 26 heavy (non-hydrogen) atoms. The Balaban J connectivity index is 4.92. The van der Waals surface area contributed by atoms with Gasteiger partial charge in [0.2, 0.25) is 17.7 Å². The third-order valence-electron chi connectivity index (χ3n) is 3.36. The highest BCUT2D eigenvalue weighted by Gasteiger charge is 2.31. The van der Waals surface area contributed by atoms with Crippen LogP contribution in [-0.2, 0) is 24.0 Å². The van der Waals surface area contributed by atoms with E-state index >= 15 is 0 Å². The molecule has 0 unspecified atom stereocenters. The molecule has 0 aromatic heterocycles. The number of primary amides is 1. The summed E-state index contributed by atoms with van der Waals surface area (Å²) in [5.41, 5.74) is 10.5. The number of carbonyl (C=O) groups excluding carboxylic acids is 3. The molecule has 0 spiro atoms. The van der Waals surface area contributed by atoms with Gasteiger partial charge in [0.25, 0.3) is 0 Å². The maximum Gasteiger partial charge on any atom is 0.326 e. The molecule has 12 heteroatoms. The number of nitrogens with one attached hydrogen (secondary N) is 2. The summed E-state index contributed by atoms with van der Waals surface area (Å²) >= 11 is 0. The van der Waals surface area contributed by atoms with E-state index in [1.54, 1.807) is 0 Å². The van der Waals surface area contributed by atoms with Crippen LogP contribution in [0.5, 0.6) is 0 Å². The van der Waals surface area contributed by atoms with Gasteiger partial charge in [-0.15, -0.1) is 0 Å². The molecule has 0 rings (SSSR count). The van der Waals surface area contributed by atoms with Gasteiger partial charge in [0.15, 0.2) is 0 Å². The molecule has 0 radical (unpaired) electrons. The molecular formula is C14H24N4O8. The standard InChI is InChI=1S/C14H24N4O8/c1-6(19)11(18-12(23)7(15)2-4-9(16)20)13(24)17-8(14(25)26)3-5-10(21)22/h6-8,11,19H,2-5,15H2,1H3,(H2,16,20)(H,17,24)(H,18,23)(H,21,22)(H,25,26)/t6-,7+,8+,11+/m1/s1. The SMILES string of the molecule is C[C@@H](O)[C@H](NC(=O)[C@@H](N)CCC(N)=O)C(=O)N[C@@H](CCC(=O)O)C(=O)O. The van der Waals surface area contributed by atoms with E-state index in [9.17, 15) is 29.1 Å². The van der Waals surface area contributed by atoms with Crippen molar-refractivity contribution in [1.29, 1.82) is 0 Å². The molecule has 0 aliphatic heterocycles. The molecule has 9 N–H and O–H groups in total. The summed E-state index contributed by atoms with van der Waals surface area (Å²) in [5.74, 6) is -5.24. The maximum absolute atomic E-state index is 12.2. The maximum atomic E-state index is 12.2. The molecule has 0 aliphatic rings. The van der Waals surface area contributed by atoms with E-state index in [1.165, 1.54) is 6.92 Å². The Hall–Kier alpha value is -2.73. The second-order valence-corrected chi connectivity index (χ2v) is 5.67. The number of nitrogens with two attached hydrogens (primary N) is 2. The number of aliphatic hydroxyl groups is 1. The van der Waals surface area contributed by atoms with Gasteiger partial charge in [0.05, 0.1) is 12.1 Å². The second kappa shape index (κ2) is 11.0. The van der Waals surface area contributed by atoms with Crippen LogP contribution in [0.3, 0.4) is 0 Å². The Bertz CT molecular complexity index is 551. The van der Waals surface area contributed by atoms with Crippen molar-refractivity contribution in [1.82, 2.24) is 10.6 Å². The molecule has 0 saturated heterocycles. The number of hydrogen-bond acceptors (Lipinski definition) is 7. The Morgan fingerprint density at radius 1 is 0.962 bits per heavy atom. The zero-order valence-electron chi connectivity index (χ0n) is 14.2. The summed E-state index contributed by atoms with van der Waals surface area (Å²) in [5, 5.41) is 31.5. The monoisotopic (exact) mass is 376 g/mol. The van der Waals surface area contributed by atoms with Crippen LogP contribution in [-0.4, -0.2) is 69.2 Å². The third kappa shape index (κ3) is 8.94. The molecule has 0 aromatic rings. The lowest BCUT2D eigenvalue weighted by molar-refractivity contribution is -0.144. The Labute approximate surface area is 148 Å². The number of carboxylic acid groups (broad SMARTS) is 2. The summed E-state index contributed by atoms with van der Waals surface area (Å²) in [4.78, 5) is 56.4. The molecule has 148 valence electrons. The number of hydrogen-bond donors (Lipinski definition) is 7. The van der Waals surface area contributed by atoms with E-state index in [1.807, 2.05) is 0 Å². The van der Waals surface area contributed by atoms with Crippen LogP contribution in [0.4, 0.5) is 0 Å². The van der Waals surface area contributed by atoms with Gasteiger partial charge in [-0.25, -0.2) is 4.79 Å². The number of rotatable bonds is 12. The van der Waals surface area contributed by atoms with E-state index in [-0.39, 0.29) is 19.3 Å². The summed E-state index contributed by atoms with van der Waals surface area (Å²) in [6.07, 6.45) is -2.51. The number of amides is 3. The van der Waals surface area contributed by atoms with Crippen molar-refractivity contribution in [2.24, 2.45) is 11.5 Å². The van der Waals surface area contributed by atoms with Gasteiger partial charge >= 0.3 is 11.9 Å². The first-order chi connectivity index (χ1) is 12.0. The van der Waals surface area contributed by atoms with Crippen LogP contribution in [0.25, 0.3) is 0 Å². The molecule has 4 atom stereocenters. The lowest BCUT2D eigenvalue weighted by Crippen LogP contribution is -2.58. The number of aliphatic hydroxyl groups excluding tert-OH is 1. The van der Waals surface area contributed by atoms with Gasteiger partial charge < -0.3 is 37.4 Å². The lowest BCUT2D eigenvalue weighted by Gasteiger charge is -2.24. The summed E-state index contributed by atoms with van der Waals surface area (Å²) in [7, 11) is 0. The molecular weight excluding hydrogens is 352 g/mol. The largest absolute Gasteiger partial charge is 0.481 e. The topological polar surface area (TPSA) is 222 Å². The van der Waals surface area contributed by atoms with Crippen molar-refractivity contribution in [2.45, 2.75) is 56.8 Å². The highest BCUT2D eigenvalue weighted by Crippen LogP contribution is 2.02. The van der Waals surface area contributed by atoms with Crippen LogP contribution in [0.15, 0.2) is 0 Å². The zero-order valence-corrected chi connectivity index (χ0v) is 14.2. The minimum absolute atomic E-state index is 0.0777. The molecule has 0 saturated carbocycles. The van der Waals surface area contributed by atoms with Gasteiger partial charge in [-0.3, -0.25) is 19.2 Å². The molecule has 0 fully saturated rings. The minimum Gasteiger partial charge on any atom is -0.481 e. The Morgan fingerprint density at radius 2 is 1.54 bits per heavy atom. The average Bonchev–Trinajstić information content (AvgIpc) is 2.52. The summed E-state index contributed by atoms with van der Waals surface area (Å²) in [6, 6.07) is -4.20. The summed E-state index contributed by atoms with van der Waals surface area (Å²) in [6.45, 7) is 1.19. The van der Waals surface area contributed by atoms with Crippen molar-refractivity contribution in [3.05, 3.63) is 0 Å². The number of carbonyl (C=O) groups is 5. The second-order valence-electron chi connectivity index (χ2n) is 5.67. The van der Waals surface area contributed by atoms with Gasteiger partial charge in [-0.05, 0) is 19.8 Å². The van der Waals surface area contributed by atoms with E-state index < -0.39 is 60.3 Å². The van der Waals surface area contributed by atoms with Crippen LogP contribution >= 0.6 is 0 Å². The van der Waals surface area contributed by atoms with Crippen LogP contribution < -0.4 is 22.1 Å². The predicted molar refractivity (Wildman–Crippen MR) is 86.5 cm³/mol. The van der Waals surface area contributed by atoms with Crippen molar-refractivity contribution in [3.8, 4) is 0 Å². The van der Waals surface area contributed by atoms with Gasteiger partial charge in [-0.2, -0.15) is 0 Å². The number of carboxylic acids is 2. The van der Waals surface area contributed by atoms with Crippen molar-refractivity contribution >= 4 is 29.7 Å². The van der Waals surface area contributed by atoms with Crippen LogP contribution in [0.1, 0.15) is 32.6 Å². The van der Waals surface area contributed by atoms with Crippen molar-refractivity contribution in [3.63, 3.8) is 0 Å². The predicted octanol–water partition coefficient (Wildman–Crippen LogP) is -3.12. The minimum atomic E-state index is -1.52. The third-order valence-corrected chi connectivity index (χ3v) is 3.36. The highest BCUT2D eigenvalue weighted by molar-refractivity contribution is 5.92. The Kier molecular flexibility index (Phi) is 9.84. The van der Waals surface area contributed by atoms with E-state index in [0.717, 1.165) is 0 Å². The fraction of sp³-hybridized carbons (Fsp3) is 0.643. The van der Waals surface area contributed by atoms with Crippen molar-refractivity contribution < 1.29 is 39.3 Å². The van der Waals surface area contributed by atoms with Crippen LogP contribution in [0.2, 0.25) is 0 Å². The van der Waals surface area contributed by atoms with E-state index in [0.29, 0.717) is 0 Å². The molecule has 0 aromatic carbocycles. The molecule has 0 bridgehead atoms. The normalized spacial score (nSPS) is 15.2. The average molecular weight is 376 g/mol. The van der Waals surface area contributed by atoms with E-state index in [2.05, 4.69) is 10.6 Å². The fourth-order valence-electron chi connectivity index (χ4n) is 1.88. The van der Waals surface area contributed by atoms with Gasteiger partial charge in [0.1, 0.15) is 12.1 Å². The molecule has 0 heterocycles. The fourth-order valence-corrected chi connectivity index (χ4v) is 1.88. The smallest absolute Gasteiger partial charge is 0.326 e. The first-order valence-corrected chi connectivity index (χ1v) is 7.73. The molecule has 12 nitrogen and oxygen atoms in total. The van der Waals surface area contributed by atoms with Gasteiger partial charge in [0, 0.05) is 12.8 Å². The van der Waals surface area contributed by atoms with Crippen molar-refractivity contribution in [2.75, 3.05) is 0 Å². The quantitative estimate of drug-likeness (QED) is 0.183. The van der Waals surface area contributed by atoms with Gasteiger partial charge in [-0.1, -0.05) is 0 Å². The Morgan fingerprint density at radius 3 is 1.96 bits per heavy atom. The lowest BCUT2D eigenvalue weighted by atomic mass is 10.1. The molecule has 0 aliphatic carbocycles. The number of aliphatic carboxylic acids is 2. The first kappa shape index (κ1) is 23.3. The zero-order chi connectivity index (χ0) is 20.4. The highest BCUT2D eigenvalue weighted by atomic mass is 16.4. The van der Waals surface area contributed by atoms with Crippen LogP contribution in [0, 0.1) is 0 Å². The van der Waals surface area contributed by atoms with E-state index in [4.69, 9.17) is 21.7 Å². The molecule has 3 amide bonds.